The lowest BCUT2D eigenvalue weighted by Gasteiger charge is -2.34. The van der Waals surface area contributed by atoms with Crippen molar-refractivity contribution in [3.8, 4) is 0 Å². The van der Waals surface area contributed by atoms with Crippen molar-refractivity contribution in [1.82, 2.24) is 0 Å². The minimum absolute atomic E-state index is 0.0582. The molecule has 0 aromatic heterocycles. The van der Waals surface area contributed by atoms with Gasteiger partial charge in [0.15, 0.2) is 12.6 Å². The standard InChI is InChI=1S/C15H28O4/c1-10-8-11(2)17-14(16-10)6-5-7-15-18-12(3)9-13(4)19-15/h10-15H,5-9H2,1-4H3. The zero-order valence-electron chi connectivity index (χ0n) is 12.6. The molecule has 0 aromatic rings. The average Bonchev–Trinajstić information content (AvgIpc) is 2.26. The summed E-state index contributed by atoms with van der Waals surface area (Å²) in [5.74, 6) is 0. The fourth-order valence-electron chi connectivity index (χ4n) is 2.98. The zero-order valence-corrected chi connectivity index (χ0v) is 12.6. The topological polar surface area (TPSA) is 36.9 Å². The third kappa shape index (κ3) is 5.03. The number of hydrogen-bond donors (Lipinski definition) is 0. The van der Waals surface area contributed by atoms with Crippen LogP contribution in [-0.2, 0) is 18.9 Å². The molecule has 0 bridgehead atoms. The maximum Gasteiger partial charge on any atom is 0.158 e. The molecule has 2 aliphatic heterocycles. The summed E-state index contributed by atoms with van der Waals surface area (Å²) in [5.41, 5.74) is 0. The summed E-state index contributed by atoms with van der Waals surface area (Å²) in [4.78, 5) is 0. The van der Waals surface area contributed by atoms with Crippen LogP contribution in [0.2, 0.25) is 0 Å². The second-order valence-corrected chi connectivity index (χ2v) is 6.05. The molecule has 0 N–H and O–H groups in total. The Morgan fingerprint density at radius 1 is 0.632 bits per heavy atom. The Hall–Kier alpha value is -0.160. The second-order valence-electron chi connectivity index (χ2n) is 6.05. The molecule has 2 rings (SSSR count). The minimum atomic E-state index is -0.0582. The van der Waals surface area contributed by atoms with Gasteiger partial charge in [0, 0.05) is 0 Å². The summed E-state index contributed by atoms with van der Waals surface area (Å²) in [6.07, 6.45) is 5.91. The molecular formula is C15H28O4. The van der Waals surface area contributed by atoms with Gasteiger partial charge >= 0.3 is 0 Å². The predicted molar refractivity (Wildman–Crippen MR) is 72.8 cm³/mol. The quantitative estimate of drug-likeness (QED) is 0.787. The Morgan fingerprint density at radius 3 is 1.26 bits per heavy atom. The number of ether oxygens (including phenoxy) is 4. The largest absolute Gasteiger partial charge is 0.350 e. The molecular weight excluding hydrogens is 244 g/mol. The van der Waals surface area contributed by atoms with E-state index in [2.05, 4.69) is 27.7 Å². The summed E-state index contributed by atoms with van der Waals surface area (Å²) >= 11 is 0. The highest BCUT2D eigenvalue weighted by Gasteiger charge is 2.27. The maximum atomic E-state index is 5.78. The highest BCUT2D eigenvalue weighted by atomic mass is 16.7. The van der Waals surface area contributed by atoms with Crippen molar-refractivity contribution in [2.75, 3.05) is 0 Å². The van der Waals surface area contributed by atoms with E-state index in [1.54, 1.807) is 0 Å². The van der Waals surface area contributed by atoms with Crippen LogP contribution in [0.3, 0.4) is 0 Å². The van der Waals surface area contributed by atoms with Crippen LogP contribution in [-0.4, -0.2) is 37.0 Å². The molecule has 0 saturated carbocycles. The van der Waals surface area contributed by atoms with Crippen LogP contribution in [0.4, 0.5) is 0 Å². The molecule has 2 heterocycles. The Balaban J connectivity index is 1.65. The van der Waals surface area contributed by atoms with Gasteiger partial charge in [0.2, 0.25) is 0 Å². The van der Waals surface area contributed by atoms with Gasteiger partial charge in [-0.15, -0.1) is 0 Å². The van der Waals surface area contributed by atoms with E-state index in [4.69, 9.17) is 18.9 Å². The maximum absolute atomic E-state index is 5.78. The first kappa shape index (κ1) is 15.2. The SMILES string of the molecule is CC1CC(C)OC(CCCC2OC(C)CC(C)O2)O1. The zero-order chi connectivity index (χ0) is 13.8. The van der Waals surface area contributed by atoms with Crippen LogP contribution >= 0.6 is 0 Å². The van der Waals surface area contributed by atoms with Crippen molar-refractivity contribution in [2.24, 2.45) is 0 Å². The first-order valence-electron chi connectivity index (χ1n) is 7.64. The van der Waals surface area contributed by atoms with Crippen molar-refractivity contribution in [2.45, 2.75) is 96.8 Å². The van der Waals surface area contributed by atoms with Crippen LogP contribution in [0.25, 0.3) is 0 Å². The molecule has 4 unspecified atom stereocenters. The summed E-state index contributed by atoms with van der Waals surface area (Å²) in [6, 6.07) is 0. The van der Waals surface area contributed by atoms with Crippen LogP contribution in [0.1, 0.15) is 59.8 Å². The highest BCUT2D eigenvalue weighted by Crippen LogP contribution is 2.24. The van der Waals surface area contributed by atoms with Gasteiger partial charge in [-0.25, -0.2) is 0 Å². The van der Waals surface area contributed by atoms with Crippen LogP contribution in [0.15, 0.2) is 0 Å². The molecule has 2 saturated heterocycles. The molecule has 0 amide bonds. The third-order valence-corrected chi connectivity index (χ3v) is 3.74. The normalized spacial score (nSPS) is 44.2. The first-order chi connectivity index (χ1) is 9.02. The van der Waals surface area contributed by atoms with Crippen LogP contribution < -0.4 is 0 Å². The molecule has 4 nitrogen and oxygen atoms in total. The predicted octanol–water partition coefficient (Wildman–Crippen LogP) is 3.24. The van der Waals surface area contributed by atoms with Gasteiger partial charge in [-0.3, -0.25) is 0 Å². The molecule has 2 aliphatic rings. The van der Waals surface area contributed by atoms with Gasteiger partial charge in [-0.1, -0.05) is 0 Å². The van der Waals surface area contributed by atoms with Crippen molar-refractivity contribution in [1.29, 1.82) is 0 Å². The molecule has 4 atom stereocenters. The van der Waals surface area contributed by atoms with E-state index in [1.165, 1.54) is 0 Å². The molecule has 0 radical (unpaired) electrons. The van der Waals surface area contributed by atoms with E-state index in [0.29, 0.717) is 24.4 Å². The first-order valence-corrected chi connectivity index (χ1v) is 7.64. The Labute approximate surface area is 116 Å². The van der Waals surface area contributed by atoms with E-state index in [1.807, 2.05) is 0 Å². The van der Waals surface area contributed by atoms with Gasteiger partial charge in [-0.05, 0) is 59.8 Å². The molecule has 2 fully saturated rings. The third-order valence-electron chi connectivity index (χ3n) is 3.74. The van der Waals surface area contributed by atoms with E-state index in [-0.39, 0.29) is 12.6 Å². The fourth-order valence-corrected chi connectivity index (χ4v) is 2.98. The molecule has 0 aliphatic carbocycles. The molecule has 4 heteroatoms. The average molecular weight is 272 g/mol. The van der Waals surface area contributed by atoms with Gasteiger partial charge in [0.1, 0.15) is 0 Å². The molecule has 0 spiro atoms. The number of hydrogen-bond acceptors (Lipinski definition) is 4. The van der Waals surface area contributed by atoms with E-state index in [0.717, 1.165) is 32.1 Å². The van der Waals surface area contributed by atoms with Gasteiger partial charge in [0.25, 0.3) is 0 Å². The van der Waals surface area contributed by atoms with E-state index < -0.39 is 0 Å². The lowest BCUT2D eigenvalue weighted by molar-refractivity contribution is -0.247. The lowest BCUT2D eigenvalue weighted by atomic mass is 10.1. The molecule has 112 valence electrons. The van der Waals surface area contributed by atoms with E-state index in [9.17, 15) is 0 Å². The van der Waals surface area contributed by atoms with Gasteiger partial charge in [-0.2, -0.15) is 0 Å². The minimum Gasteiger partial charge on any atom is -0.350 e. The summed E-state index contributed by atoms with van der Waals surface area (Å²) in [5, 5.41) is 0. The smallest absolute Gasteiger partial charge is 0.158 e. The van der Waals surface area contributed by atoms with Crippen molar-refractivity contribution < 1.29 is 18.9 Å². The van der Waals surface area contributed by atoms with Crippen LogP contribution in [0.5, 0.6) is 0 Å². The Kier molecular flexibility index (Phi) is 5.63. The Bertz CT molecular complexity index is 225. The summed E-state index contributed by atoms with van der Waals surface area (Å²) < 4.78 is 23.1. The monoisotopic (exact) mass is 272 g/mol. The second kappa shape index (κ2) is 7.02. The van der Waals surface area contributed by atoms with Gasteiger partial charge < -0.3 is 18.9 Å². The van der Waals surface area contributed by atoms with E-state index >= 15 is 0 Å². The Morgan fingerprint density at radius 2 is 0.947 bits per heavy atom. The number of rotatable bonds is 4. The summed E-state index contributed by atoms with van der Waals surface area (Å²) in [6.45, 7) is 8.46. The highest BCUT2D eigenvalue weighted by molar-refractivity contribution is 4.68. The fraction of sp³-hybridized carbons (Fsp3) is 1.00. The van der Waals surface area contributed by atoms with Crippen molar-refractivity contribution in [3.05, 3.63) is 0 Å². The molecule has 0 aromatic carbocycles. The lowest BCUT2D eigenvalue weighted by Crippen LogP contribution is -2.37. The molecule has 19 heavy (non-hydrogen) atoms. The van der Waals surface area contributed by atoms with Crippen LogP contribution in [0, 0.1) is 0 Å². The van der Waals surface area contributed by atoms with Crippen molar-refractivity contribution >= 4 is 0 Å². The van der Waals surface area contributed by atoms with Gasteiger partial charge in [0.05, 0.1) is 24.4 Å². The summed E-state index contributed by atoms with van der Waals surface area (Å²) in [7, 11) is 0. The van der Waals surface area contributed by atoms with Crippen molar-refractivity contribution in [3.63, 3.8) is 0 Å².